The first kappa shape index (κ1) is 11.2. The number of hydrogen-bond donors (Lipinski definition) is 0. The summed E-state index contributed by atoms with van der Waals surface area (Å²) in [6.07, 6.45) is 4.51. The van der Waals surface area contributed by atoms with Crippen molar-refractivity contribution in [3.05, 3.63) is 47.7 Å². The SMILES string of the molecule is COc1cc(C(=O)c2cncc(C)c2)ncn1. The number of carbonyl (C=O) groups excluding carboxylic acids is 1. The number of pyridine rings is 1. The van der Waals surface area contributed by atoms with Crippen LogP contribution < -0.4 is 4.74 Å². The van der Waals surface area contributed by atoms with E-state index in [-0.39, 0.29) is 5.78 Å². The Bertz CT molecular complexity index is 555. The largest absolute Gasteiger partial charge is 0.481 e. The van der Waals surface area contributed by atoms with Crippen molar-refractivity contribution in [3.63, 3.8) is 0 Å². The van der Waals surface area contributed by atoms with Crippen molar-refractivity contribution in [2.75, 3.05) is 7.11 Å². The average molecular weight is 229 g/mol. The van der Waals surface area contributed by atoms with Crippen molar-refractivity contribution in [2.45, 2.75) is 6.92 Å². The molecule has 0 amide bonds. The lowest BCUT2D eigenvalue weighted by atomic mass is 10.1. The summed E-state index contributed by atoms with van der Waals surface area (Å²) in [7, 11) is 1.49. The summed E-state index contributed by atoms with van der Waals surface area (Å²) in [5.74, 6) is 0.172. The predicted octanol–water partition coefficient (Wildman–Crippen LogP) is 1.42. The van der Waals surface area contributed by atoms with Crippen LogP contribution in [0.5, 0.6) is 5.88 Å². The molecule has 0 spiro atoms. The number of ketones is 1. The molecule has 17 heavy (non-hydrogen) atoms. The fraction of sp³-hybridized carbons (Fsp3) is 0.167. The van der Waals surface area contributed by atoms with E-state index in [1.54, 1.807) is 12.3 Å². The zero-order chi connectivity index (χ0) is 12.3. The van der Waals surface area contributed by atoms with Crippen molar-refractivity contribution in [2.24, 2.45) is 0 Å². The standard InChI is InChI=1S/C12H11N3O2/c1-8-3-9(6-13-5-8)12(16)10-4-11(17-2)15-7-14-10/h3-7H,1-2H3. The van der Waals surface area contributed by atoms with Crippen LogP contribution in [0.15, 0.2) is 30.9 Å². The fourth-order valence-corrected chi connectivity index (χ4v) is 1.40. The smallest absolute Gasteiger partial charge is 0.216 e. The maximum Gasteiger partial charge on any atom is 0.216 e. The third-order valence-electron chi connectivity index (χ3n) is 2.22. The summed E-state index contributed by atoms with van der Waals surface area (Å²) < 4.78 is 4.95. The minimum absolute atomic E-state index is 0.193. The summed E-state index contributed by atoms with van der Waals surface area (Å²) >= 11 is 0. The Morgan fingerprint density at radius 2 is 2.06 bits per heavy atom. The van der Waals surface area contributed by atoms with Crippen LogP contribution in [0.2, 0.25) is 0 Å². The molecule has 0 atom stereocenters. The number of hydrogen-bond acceptors (Lipinski definition) is 5. The second-order valence-electron chi connectivity index (χ2n) is 3.53. The van der Waals surface area contributed by atoms with E-state index in [1.165, 1.54) is 25.7 Å². The molecular weight excluding hydrogens is 218 g/mol. The topological polar surface area (TPSA) is 65.0 Å². The maximum atomic E-state index is 12.1. The molecular formula is C12H11N3O2. The molecule has 0 aromatic carbocycles. The molecule has 2 aromatic rings. The van der Waals surface area contributed by atoms with Gasteiger partial charge in [0.25, 0.3) is 0 Å². The summed E-state index contributed by atoms with van der Waals surface area (Å²) in [5.41, 5.74) is 1.73. The molecule has 2 aromatic heterocycles. The van der Waals surface area contributed by atoms with Crippen LogP contribution >= 0.6 is 0 Å². The van der Waals surface area contributed by atoms with Crippen molar-refractivity contribution in [1.82, 2.24) is 15.0 Å². The Balaban J connectivity index is 2.36. The normalized spacial score (nSPS) is 10.0. The van der Waals surface area contributed by atoms with Gasteiger partial charge in [-0.25, -0.2) is 9.97 Å². The highest BCUT2D eigenvalue weighted by Crippen LogP contribution is 2.11. The molecule has 0 saturated carbocycles. The van der Waals surface area contributed by atoms with Gasteiger partial charge >= 0.3 is 0 Å². The van der Waals surface area contributed by atoms with Crippen LogP contribution in [0, 0.1) is 6.92 Å². The van der Waals surface area contributed by atoms with Crippen molar-refractivity contribution < 1.29 is 9.53 Å². The molecule has 0 aliphatic carbocycles. The Morgan fingerprint density at radius 1 is 1.24 bits per heavy atom. The molecule has 0 aliphatic rings. The lowest BCUT2D eigenvalue weighted by Crippen LogP contribution is -2.05. The molecule has 0 unspecified atom stereocenters. The first-order valence-corrected chi connectivity index (χ1v) is 5.03. The summed E-state index contributed by atoms with van der Waals surface area (Å²) in [6.45, 7) is 1.88. The lowest BCUT2D eigenvalue weighted by molar-refractivity contribution is 0.103. The average Bonchev–Trinajstić information content (AvgIpc) is 2.38. The Labute approximate surface area is 98.5 Å². The second kappa shape index (κ2) is 4.69. The first-order valence-electron chi connectivity index (χ1n) is 5.03. The molecule has 2 heterocycles. The molecule has 0 radical (unpaired) electrons. The van der Waals surface area contributed by atoms with Crippen LogP contribution in [0.3, 0.4) is 0 Å². The van der Waals surface area contributed by atoms with Gasteiger partial charge in [0.2, 0.25) is 11.7 Å². The molecule has 5 nitrogen and oxygen atoms in total. The molecule has 0 saturated heterocycles. The monoisotopic (exact) mass is 229 g/mol. The number of carbonyl (C=O) groups is 1. The van der Waals surface area contributed by atoms with Gasteiger partial charge in [-0.3, -0.25) is 9.78 Å². The van der Waals surface area contributed by atoms with Crippen molar-refractivity contribution in [3.8, 4) is 5.88 Å². The Morgan fingerprint density at radius 3 is 2.76 bits per heavy atom. The van der Waals surface area contributed by atoms with Gasteiger partial charge < -0.3 is 4.74 Å². The number of ether oxygens (including phenoxy) is 1. The number of aromatic nitrogens is 3. The van der Waals surface area contributed by atoms with E-state index >= 15 is 0 Å². The third kappa shape index (κ3) is 2.44. The first-order chi connectivity index (χ1) is 8.20. The maximum absolute atomic E-state index is 12.1. The molecule has 2 rings (SSSR count). The molecule has 0 bridgehead atoms. The number of nitrogens with zero attached hydrogens (tertiary/aromatic N) is 3. The fourth-order valence-electron chi connectivity index (χ4n) is 1.40. The quantitative estimate of drug-likeness (QED) is 0.745. The van der Waals surface area contributed by atoms with Gasteiger partial charge in [-0.05, 0) is 18.6 Å². The highest BCUT2D eigenvalue weighted by Gasteiger charge is 2.12. The van der Waals surface area contributed by atoms with Gasteiger partial charge in [-0.1, -0.05) is 0 Å². The zero-order valence-electron chi connectivity index (χ0n) is 9.54. The molecule has 0 N–H and O–H groups in total. The van der Waals surface area contributed by atoms with Gasteiger partial charge in [0.1, 0.15) is 12.0 Å². The van der Waals surface area contributed by atoms with E-state index in [9.17, 15) is 4.79 Å². The van der Waals surface area contributed by atoms with E-state index in [4.69, 9.17) is 4.74 Å². The van der Waals surface area contributed by atoms with Crippen molar-refractivity contribution >= 4 is 5.78 Å². The lowest BCUT2D eigenvalue weighted by Gasteiger charge is -2.02. The molecule has 5 heteroatoms. The van der Waals surface area contributed by atoms with Gasteiger partial charge in [0, 0.05) is 24.0 Å². The van der Waals surface area contributed by atoms with Crippen LogP contribution in [0.4, 0.5) is 0 Å². The van der Waals surface area contributed by atoms with Gasteiger partial charge in [-0.2, -0.15) is 0 Å². The predicted molar refractivity (Wildman–Crippen MR) is 61.0 cm³/mol. The van der Waals surface area contributed by atoms with Gasteiger partial charge in [-0.15, -0.1) is 0 Å². The second-order valence-corrected chi connectivity index (χ2v) is 3.53. The number of aryl methyl sites for hydroxylation is 1. The molecule has 0 aliphatic heterocycles. The summed E-state index contributed by atoms with van der Waals surface area (Å²) in [6, 6.07) is 3.27. The zero-order valence-corrected chi connectivity index (χ0v) is 9.54. The van der Waals surface area contributed by atoms with Crippen LogP contribution in [-0.2, 0) is 0 Å². The van der Waals surface area contributed by atoms with E-state index in [0.717, 1.165) is 5.56 Å². The van der Waals surface area contributed by atoms with Gasteiger partial charge in [0.05, 0.1) is 7.11 Å². The molecule has 86 valence electrons. The van der Waals surface area contributed by atoms with E-state index in [2.05, 4.69) is 15.0 Å². The molecule has 0 fully saturated rings. The van der Waals surface area contributed by atoms with Crippen LogP contribution in [0.1, 0.15) is 21.6 Å². The summed E-state index contributed by atoms with van der Waals surface area (Å²) in [4.78, 5) is 23.8. The van der Waals surface area contributed by atoms with Crippen LogP contribution in [-0.4, -0.2) is 27.8 Å². The van der Waals surface area contributed by atoms with Crippen LogP contribution in [0.25, 0.3) is 0 Å². The van der Waals surface area contributed by atoms with E-state index < -0.39 is 0 Å². The van der Waals surface area contributed by atoms with Gasteiger partial charge in [0.15, 0.2) is 0 Å². The highest BCUT2D eigenvalue weighted by atomic mass is 16.5. The Hall–Kier alpha value is -2.30. The van der Waals surface area contributed by atoms with E-state index in [1.807, 2.05) is 6.92 Å². The Kier molecular flexibility index (Phi) is 3.09. The van der Waals surface area contributed by atoms with Crippen molar-refractivity contribution in [1.29, 1.82) is 0 Å². The number of methoxy groups -OCH3 is 1. The minimum Gasteiger partial charge on any atom is -0.481 e. The highest BCUT2D eigenvalue weighted by molar-refractivity contribution is 6.07. The summed E-state index contributed by atoms with van der Waals surface area (Å²) in [5, 5.41) is 0. The minimum atomic E-state index is -0.193. The van der Waals surface area contributed by atoms with E-state index in [0.29, 0.717) is 17.1 Å². The third-order valence-corrected chi connectivity index (χ3v) is 2.22. The number of rotatable bonds is 3.